The topological polar surface area (TPSA) is 32.3 Å². The van der Waals surface area contributed by atoms with Gasteiger partial charge in [0.25, 0.3) is 0 Å². The molecule has 2 aromatic rings. The van der Waals surface area contributed by atoms with Crippen molar-refractivity contribution in [2.45, 2.75) is 25.9 Å². The number of hydrogen-bond acceptors (Lipinski definition) is 2. The Morgan fingerprint density at radius 1 is 1.27 bits per heavy atom. The molecule has 0 aliphatic carbocycles. The zero-order valence-corrected chi connectivity index (χ0v) is 12.9. The zero-order chi connectivity index (χ0) is 15.7. The number of rotatable bonds is 3. The van der Waals surface area contributed by atoms with E-state index >= 15 is 0 Å². The summed E-state index contributed by atoms with van der Waals surface area (Å²) >= 11 is 6.01. The van der Waals surface area contributed by atoms with E-state index in [-0.39, 0.29) is 17.8 Å². The Bertz CT molecular complexity index is 720. The maximum atomic E-state index is 13.5. The van der Waals surface area contributed by atoms with Crippen molar-refractivity contribution in [1.29, 1.82) is 0 Å². The first-order valence-electron chi connectivity index (χ1n) is 7.20. The number of benzene rings is 2. The maximum Gasteiger partial charge on any atom is 0.249 e. The molecule has 1 aliphatic heterocycles. The summed E-state index contributed by atoms with van der Waals surface area (Å²) in [4.78, 5) is 14.3. The van der Waals surface area contributed by atoms with Gasteiger partial charge in [0, 0.05) is 5.02 Å². The van der Waals surface area contributed by atoms with Crippen molar-refractivity contribution in [2.24, 2.45) is 0 Å². The number of nitrogens with zero attached hydrogens (tertiary/aromatic N) is 1. The van der Waals surface area contributed by atoms with Crippen LogP contribution in [0.4, 0.5) is 15.8 Å². The van der Waals surface area contributed by atoms with Crippen LogP contribution in [0.1, 0.15) is 18.9 Å². The van der Waals surface area contributed by atoms with E-state index in [2.05, 4.69) is 5.32 Å². The van der Waals surface area contributed by atoms with E-state index in [4.69, 9.17) is 11.6 Å². The van der Waals surface area contributed by atoms with Crippen molar-refractivity contribution in [3.63, 3.8) is 0 Å². The first-order chi connectivity index (χ1) is 10.6. The number of hydrogen-bond donors (Lipinski definition) is 1. The highest BCUT2D eigenvalue weighted by molar-refractivity contribution is 6.30. The highest BCUT2D eigenvalue weighted by Crippen LogP contribution is 2.34. The number of anilines is 2. The van der Waals surface area contributed by atoms with Gasteiger partial charge in [-0.1, -0.05) is 30.7 Å². The minimum atomic E-state index is -0.339. The smallest absolute Gasteiger partial charge is 0.249 e. The first kappa shape index (κ1) is 14.9. The summed E-state index contributed by atoms with van der Waals surface area (Å²) in [6.45, 7) is 2.34. The Hall–Kier alpha value is -2.07. The van der Waals surface area contributed by atoms with Gasteiger partial charge in [-0.05, 0) is 42.3 Å². The second-order valence-electron chi connectivity index (χ2n) is 5.32. The lowest BCUT2D eigenvalue weighted by Gasteiger charge is -2.35. The molecular formula is C17H16ClFN2O. The largest absolute Gasteiger partial charge is 0.372 e. The fourth-order valence-electron chi connectivity index (χ4n) is 2.67. The van der Waals surface area contributed by atoms with Gasteiger partial charge in [0.05, 0.1) is 17.9 Å². The summed E-state index contributed by atoms with van der Waals surface area (Å²) < 4.78 is 13.5. The van der Waals surface area contributed by atoms with Crippen molar-refractivity contribution in [2.75, 3.05) is 10.2 Å². The molecule has 114 valence electrons. The molecule has 3 nitrogen and oxygen atoms in total. The molecule has 1 N–H and O–H groups in total. The summed E-state index contributed by atoms with van der Waals surface area (Å²) in [6, 6.07) is 11.5. The fourth-order valence-corrected chi connectivity index (χ4v) is 2.89. The molecule has 1 heterocycles. The highest BCUT2D eigenvalue weighted by Gasteiger charge is 2.31. The van der Waals surface area contributed by atoms with E-state index in [9.17, 15) is 9.18 Å². The van der Waals surface area contributed by atoms with Crippen molar-refractivity contribution >= 4 is 28.9 Å². The summed E-state index contributed by atoms with van der Waals surface area (Å²) in [6.07, 6.45) is 0.640. The summed E-state index contributed by atoms with van der Waals surface area (Å²) in [7, 11) is 0. The molecule has 0 bridgehead atoms. The van der Waals surface area contributed by atoms with E-state index in [1.54, 1.807) is 17.0 Å². The molecular weight excluding hydrogens is 303 g/mol. The van der Waals surface area contributed by atoms with E-state index in [1.165, 1.54) is 12.1 Å². The Morgan fingerprint density at radius 3 is 2.82 bits per heavy atom. The number of halogens is 2. The average molecular weight is 319 g/mol. The second-order valence-corrected chi connectivity index (χ2v) is 5.76. The molecule has 0 saturated heterocycles. The average Bonchev–Trinajstić information content (AvgIpc) is 2.50. The van der Waals surface area contributed by atoms with Crippen LogP contribution < -0.4 is 10.2 Å². The van der Waals surface area contributed by atoms with Crippen LogP contribution in [0.5, 0.6) is 0 Å². The Labute approximate surface area is 133 Å². The van der Waals surface area contributed by atoms with E-state index in [0.717, 1.165) is 5.56 Å². The van der Waals surface area contributed by atoms with E-state index in [1.807, 2.05) is 25.1 Å². The molecule has 3 rings (SSSR count). The van der Waals surface area contributed by atoms with Gasteiger partial charge >= 0.3 is 0 Å². The summed E-state index contributed by atoms with van der Waals surface area (Å²) in [5.41, 5.74) is 2.28. The Kier molecular flexibility index (Phi) is 4.03. The number of carbonyl (C=O) groups excluding carboxylic acids is 1. The molecule has 0 spiro atoms. The molecule has 2 aromatic carbocycles. The first-order valence-corrected chi connectivity index (χ1v) is 7.58. The molecule has 1 aliphatic rings. The molecule has 0 aromatic heterocycles. The van der Waals surface area contributed by atoms with Crippen LogP contribution in [-0.4, -0.2) is 11.9 Å². The van der Waals surface area contributed by atoms with Crippen LogP contribution in [0.2, 0.25) is 5.02 Å². The summed E-state index contributed by atoms with van der Waals surface area (Å²) in [5.74, 6) is -0.334. The quantitative estimate of drug-likeness (QED) is 0.919. The van der Waals surface area contributed by atoms with E-state index < -0.39 is 0 Å². The van der Waals surface area contributed by atoms with Crippen molar-refractivity contribution in [3.05, 3.63) is 58.9 Å². The Morgan fingerprint density at radius 2 is 2.09 bits per heavy atom. The van der Waals surface area contributed by atoms with Crippen LogP contribution in [0.15, 0.2) is 42.5 Å². The van der Waals surface area contributed by atoms with Crippen molar-refractivity contribution < 1.29 is 9.18 Å². The minimum Gasteiger partial charge on any atom is -0.372 e. The predicted octanol–water partition coefficient (Wildman–Crippen LogP) is 4.22. The van der Waals surface area contributed by atoms with Crippen LogP contribution in [0.3, 0.4) is 0 Å². The molecule has 22 heavy (non-hydrogen) atoms. The number of amides is 1. The third kappa shape index (κ3) is 2.79. The summed E-state index contributed by atoms with van der Waals surface area (Å²) in [5, 5.41) is 3.74. The SMILES string of the molecule is CCC1Nc2cc(F)ccc2N(Cc2cccc(Cl)c2)C1=O. The molecule has 1 amide bonds. The van der Waals surface area contributed by atoms with Crippen LogP contribution in [0.25, 0.3) is 0 Å². The fraction of sp³-hybridized carbons (Fsp3) is 0.235. The number of carbonyl (C=O) groups is 1. The standard InChI is InChI=1S/C17H16ClFN2O/c1-2-14-17(22)21(10-11-4-3-5-12(18)8-11)16-7-6-13(19)9-15(16)20-14/h3-9,14,20H,2,10H2,1H3. The van der Waals surface area contributed by atoms with Gasteiger partial charge in [-0.2, -0.15) is 0 Å². The lowest BCUT2D eigenvalue weighted by molar-refractivity contribution is -0.119. The second kappa shape index (κ2) is 5.97. The lowest BCUT2D eigenvalue weighted by Crippen LogP contribution is -2.46. The molecule has 1 atom stereocenters. The third-order valence-corrected chi connectivity index (χ3v) is 4.02. The monoisotopic (exact) mass is 318 g/mol. The van der Waals surface area contributed by atoms with Gasteiger partial charge in [-0.3, -0.25) is 4.79 Å². The molecule has 1 unspecified atom stereocenters. The van der Waals surface area contributed by atoms with Crippen molar-refractivity contribution in [1.82, 2.24) is 0 Å². The zero-order valence-electron chi connectivity index (χ0n) is 12.1. The van der Waals surface area contributed by atoms with E-state index in [0.29, 0.717) is 29.4 Å². The highest BCUT2D eigenvalue weighted by atomic mass is 35.5. The maximum absolute atomic E-state index is 13.5. The normalized spacial score (nSPS) is 17.1. The van der Waals surface area contributed by atoms with Gasteiger partial charge in [-0.25, -0.2) is 4.39 Å². The molecule has 0 saturated carbocycles. The molecule has 0 fully saturated rings. The van der Waals surface area contributed by atoms with Gasteiger partial charge in [0.15, 0.2) is 0 Å². The van der Waals surface area contributed by atoms with Crippen molar-refractivity contribution in [3.8, 4) is 0 Å². The number of nitrogens with one attached hydrogen (secondary N) is 1. The molecule has 0 radical (unpaired) electrons. The lowest BCUT2D eigenvalue weighted by atomic mass is 10.1. The van der Waals surface area contributed by atoms with Gasteiger partial charge in [0.1, 0.15) is 11.9 Å². The van der Waals surface area contributed by atoms with Crippen LogP contribution in [0, 0.1) is 5.82 Å². The predicted molar refractivity (Wildman–Crippen MR) is 86.7 cm³/mol. The minimum absolute atomic E-state index is 0.0124. The Balaban J connectivity index is 1.99. The number of fused-ring (bicyclic) bond motifs is 1. The van der Waals surface area contributed by atoms with Gasteiger partial charge < -0.3 is 10.2 Å². The van der Waals surface area contributed by atoms with Crippen LogP contribution >= 0.6 is 11.6 Å². The third-order valence-electron chi connectivity index (χ3n) is 3.78. The molecule has 5 heteroatoms. The van der Waals surface area contributed by atoms with Crippen LogP contribution in [-0.2, 0) is 11.3 Å². The van der Waals surface area contributed by atoms with Gasteiger partial charge in [-0.15, -0.1) is 0 Å². The van der Waals surface area contributed by atoms with Gasteiger partial charge in [0.2, 0.25) is 5.91 Å².